The summed E-state index contributed by atoms with van der Waals surface area (Å²) in [6.07, 6.45) is 3.48. The van der Waals surface area contributed by atoms with Gasteiger partial charge in [-0.05, 0) is 30.3 Å². The largest absolute Gasteiger partial charge is 0.321 e. The van der Waals surface area contributed by atoms with Gasteiger partial charge in [0.25, 0.3) is 5.91 Å². The number of pyridine rings is 1. The van der Waals surface area contributed by atoms with Gasteiger partial charge in [0.1, 0.15) is 0 Å². The molecule has 0 spiro atoms. The van der Waals surface area contributed by atoms with Gasteiger partial charge in [-0.2, -0.15) is 0 Å². The van der Waals surface area contributed by atoms with Crippen molar-refractivity contribution >= 4 is 50.9 Å². The third kappa shape index (κ3) is 2.94. The number of rotatable bonds is 2. The first-order valence-electron chi connectivity index (χ1n) is 6.28. The summed E-state index contributed by atoms with van der Waals surface area (Å²) in [7, 11) is 0. The predicted octanol–water partition coefficient (Wildman–Crippen LogP) is 4.54. The Morgan fingerprint density at radius 3 is 2.86 bits per heavy atom. The Bertz CT molecular complexity index is 830. The summed E-state index contributed by atoms with van der Waals surface area (Å²) in [5.74, 6) is -0.184. The molecule has 3 rings (SSSR count). The van der Waals surface area contributed by atoms with Gasteiger partial charge >= 0.3 is 0 Å². The first-order valence-corrected chi connectivity index (χ1v) is 7.52. The number of amides is 1. The number of fused-ring (bicyclic) bond motifs is 1. The quantitative estimate of drug-likeness (QED) is 0.660. The van der Waals surface area contributed by atoms with Crippen molar-refractivity contribution in [3.63, 3.8) is 0 Å². The van der Waals surface area contributed by atoms with Gasteiger partial charge in [0.05, 0.1) is 5.56 Å². The van der Waals surface area contributed by atoms with E-state index in [0.717, 1.165) is 20.9 Å². The van der Waals surface area contributed by atoms with Gasteiger partial charge < -0.3 is 5.32 Å². The fourth-order valence-corrected chi connectivity index (χ4v) is 2.97. The molecular weight excluding hydrogens is 348 g/mol. The number of benzene rings is 2. The van der Waals surface area contributed by atoms with E-state index in [1.54, 1.807) is 24.5 Å². The van der Waals surface area contributed by atoms with Crippen molar-refractivity contribution in [2.24, 2.45) is 0 Å². The summed E-state index contributed by atoms with van der Waals surface area (Å²) in [5.41, 5.74) is 1.29. The molecule has 0 saturated heterocycles. The molecule has 2 aromatic carbocycles. The molecular formula is C16H11BrN2OS. The van der Waals surface area contributed by atoms with Crippen molar-refractivity contribution < 1.29 is 4.79 Å². The van der Waals surface area contributed by atoms with Gasteiger partial charge in [-0.3, -0.25) is 9.78 Å². The molecule has 0 unspecified atom stereocenters. The normalized spacial score (nSPS) is 10.6. The molecule has 0 aliphatic heterocycles. The maximum atomic E-state index is 12.4. The van der Waals surface area contributed by atoms with Crippen LogP contribution in [0.5, 0.6) is 0 Å². The summed E-state index contributed by atoms with van der Waals surface area (Å²) in [6, 6.07) is 13.0. The molecule has 0 saturated carbocycles. The third-order valence-corrected chi connectivity index (χ3v) is 4.00. The predicted molar refractivity (Wildman–Crippen MR) is 91.1 cm³/mol. The van der Waals surface area contributed by atoms with Crippen LogP contribution in [0.25, 0.3) is 10.8 Å². The minimum atomic E-state index is -0.184. The summed E-state index contributed by atoms with van der Waals surface area (Å²) in [4.78, 5) is 17.1. The first kappa shape index (κ1) is 14.1. The van der Waals surface area contributed by atoms with Crippen LogP contribution in [-0.2, 0) is 0 Å². The highest BCUT2D eigenvalue weighted by Gasteiger charge is 2.11. The lowest BCUT2D eigenvalue weighted by Crippen LogP contribution is -2.12. The monoisotopic (exact) mass is 358 g/mol. The van der Waals surface area contributed by atoms with Crippen molar-refractivity contribution in [2.45, 2.75) is 4.90 Å². The van der Waals surface area contributed by atoms with Crippen LogP contribution in [-0.4, -0.2) is 10.9 Å². The fraction of sp³-hybridized carbons (Fsp3) is 0. The molecule has 0 fully saturated rings. The lowest BCUT2D eigenvalue weighted by molar-refractivity contribution is 0.102. The molecule has 1 aromatic heterocycles. The highest BCUT2D eigenvalue weighted by atomic mass is 79.9. The Kier molecular flexibility index (Phi) is 3.94. The number of nitrogens with one attached hydrogen (secondary N) is 1. The minimum Gasteiger partial charge on any atom is -0.321 e. The average molecular weight is 359 g/mol. The zero-order valence-corrected chi connectivity index (χ0v) is 13.4. The first-order chi connectivity index (χ1) is 10.1. The molecule has 104 valence electrons. The van der Waals surface area contributed by atoms with Crippen molar-refractivity contribution in [3.05, 3.63) is 64.9 Å². The molecule has 3 aromatic rings. The molecule has 21 heavy (non-hydrogen) atoms. The van der Waals surface area contributed by atoms with Gasteiger partial charge in [-0.25, -0.2) is 0 Å². The minimum absolute atomic E-state index is 0.184. The number of aromatic nitrogens is 1. The summed E-state index contributed by atoms with van der Waals surface area (Å²) >= 11 is 7.70. The van der Waals surface area contributed by atoms with Crippen LogP contribution in [0.3, 0.4) is 0 Å². The molecule has 0 radical (unpaired) electrons. The van der Waals surface area contributed by atoms with E-state index >= 15 is 0 Å². The SMILES string of the molecule is O=C(Nc1cccc2cnccc12)c1ccc(Br)cc1S. The van der Waals surface area contributed by atoms with Crippen LogP contribution in [0, 0.1) is 0 Å². The van der Waals surface area contributed by atoms with Gasteiger partial charge in [-0.1, -0.05) is 28.1 Å². The van der Waals surface area contributed by atoms with Crippen molar-refractivity contribution in [1.29, 1.82) is 0 Å². The zero-order chi connectivity index (χ0) is 14.8. The Balaban J connectivity index is 1.97. The number of hydrogen-bond donors (Lipinski definition) is 2. The highest BCUT2D eigenvalue weighted by Crippen LogP contribution is 2.25. The Labute approximate surface area is 135 Å². The second kappa shape index (κ2) is 5.87. The number of thiol groups is 1. The number of carbonyl (C=O) groups is 1. The number of carbonyl (C=O) groups excluding carboxylic acids is 1. The smallest absolute Gasteiger partial charge is 0.256 e. The van der Waals surface area contributed by atoms with Crippen LogP contribution in [0.2, 0.25) is 0 Å². The van der Waals surface area contributed by atoms with Crippen LogP contribution in [0.4, 0.5) is 5.69 Å². The molecule has 1 amide bonds. The van der Waals surface area contributed by atoms with Crippen molar-refractivity contribution in [1.82, 2.24) is 4.98 Å². The summed E-state index contributed by atoms with van der Waals surface area (Å²) < 4.78 is 0.889. The lowest BCUT2D eigenvalue weighted by Gasteiger charge is -2.10. The van der Waals surface area contributed by atoms with E-state index in [-0.39, 0.29) is 5.91 Å². The molecule has 3 nitrogen and oxygen atoms in total. The van der Waals surface area contributed by atoms with Gasteiger partial charge in [0, 0.05) is 38.2 Å². The Hall–Kier alpha value is -1.85. The molecule has 1 heterocycles. The molecule has 0 aliphatic carbocycles. The summed E-state index contributed by atoms with van der Waals surface area (Å²) in [6.45, 7) is 0. The van der Waals surface area contributed by atoms with E-state index in [1.807, 2.05) is 30.3 Å². The fourth-order valence-electron chi connectivity index (χ4n) is 2.12. The van der Waals surface area contributed by atoms with E-state index in [4.69, 9.17) is 0 Å². The second-order valence-corrected chi connectivity index (χ2v) is 5.92. The number of hydrogen-bond acceptors (Lipinski definition) is 3. The van der Waals surface area contributed by atoms with Crippen molar-refractivity contribution in [3.8, 4) is 0 Å². The number of halogens is 1. The Morgan fingerprint density at radius 1 is 1.19 bits per heavy atom. The van der Waals surface area contributed by atoms with Crippen LogP contribution in [0.1, 0.15) is 10.4 Å². The third-order valence-electron chi connectivity index (χ3n) is 3.13. The zero-order valence-electron chi connectivity index (χ0n) is 10.9. The van der Waals surface area contributed by atoms with E-state index in [2.05, 4.69) is 38.9 Å². The van der Waals surface area contributed by atoms with Gasteiger partial charge in [-0.15, -0.1) is 12.6 Å². The maximum absolute atomic E-state index is 12.4. The Morgan fingerprint density at radius 2 is 2.05 bits per heavy atom. The summed E-state index contributed by atoms with van der Waals surface area (Å²) in [5, 5.41) is 4.87. The molecule has 0 aliphatic rings. The molecule has 0 bridgehead atoms. The average Bonchev–Trinajstić information content (AvgIpc) is 2.47. The standard InChI is InChI=1S/C16H11BrN2OS/c17-11-4-5-13(15(21)8-11)16(20)19-14-3-1-2-10-9-18-7-6-12(10)14/h1-9,21H,(H,19,20). The number of anilines is 1. The lowest BCUT2D eigenvalue weighted by atomic mass is 10.1. The molecule has 1 N–H and O–H groups in total. The maximum Gasteiger partial charge on any atom is 0.256 e. The van der Waals surface area contributed by atoms with Gasteiger partial charge in [0.15, 0.2) is 0 Å². The topological polar surface area (TPSA) is 42.0 Å². The van der Waals surface area contributed by atoms with Crippen LogP contribution < -0.4 is 5.32 Å². The van der Waals surface area contributed by atoms with E-state index in [9.17, 15) is 4.79 Å². The van der Waals surface area contributed by atoms with Crippen molar-refractivity contribution in [2.75, 3.05) is 5.32 Å². The van der Waals surface area contributed by atoms with E-state index in [0.29, 0.717) is 10.5 Å². The van der Waals surface area contributed by atoms with E-state index < -0.39 is 0 Å². The highest BCUT2D eigenvalue weighted by molar-refractivity contribution is 9.10. The molecule has 5 heteroatoms. The van der Waals surface area contributed by atoms with Crippen LogP contribution in [0.15, 0.2) is 64.2 Å². The van der Waals surface area contributed by atoms with Gasteiger partial charge in [0.2, 0.25) is 0 Å². The van der Waals surface area contributed by atoms with Crippen LogP contribution >= 0.6 is 28.6 Å². The van der Waals surface area contributed by atoms with E-state index in [1.165, 1.54) is 0 Å². The molecule has 0 atom stereocenters. The number of nitrogens with zero attached hydrogens (tertiary/aromatic N) is 1. The second-order valence-electron chi connectivity index (χ2n) is 4.52.